The lowest BCUT2D eigenvalue weighted by Crippen LogP contribution is -2.32. The number of carbonyl (C=O) groups excluding carboxylic acids is 1. The van der Waals surface area contributed by atoms with Crippen LogP contribution in [0.4, 0.5) is 0 Å². The Balaban J connectivity index is 2.05. The monoisotopic (exact) mass is 254 g/mol. The lowest BCUT2D eigenvalue weighted by Gasteiger charge is -2.25. The maximum absolute atomic E-state index is 12.1. The number of carbonyl (C=O) groups is 1. The van der Waals surface area contributed by atoms with Crippen molar-refractivity contribution in [2.75, 3.05) is 6.54 Å². The predicted molar refractivity (Wildman–Crippen MR) is 68.7 cm³/mol. The van der Waals surface area contributed by atoms with Gasteiger partial charge in [-0.25, -0.2) is 0 Å². The van der Waals surface area contributed by atoms with Gasteiger partial charge >= 0.3 is 0 Å². The number of aromatic nitrogens is 1. The second-order valence-corrected chi connectivity index (χ2v) is 5.44. The van der Waals surface area contributed by atoms with Gasteiger partial charge in [-0.3, -0.25) is 9.10 Å². The van der Waals surface area contributed by atoms with Gasteiger partial charge in [-0.15, -0.1) is 0 Å². The number of fused-ring (bicyclic) bond motifs is 3. The van der Waals surface area contributed by atoms with Gasteiger partial charge < -0.3 is 4.57 Å². The van der Waals surface area contributed by atoms with Gasteiger partial charge in [0.1, 0.15) is 0 Å². The highest BCUT2D eigenvalue weighted by Crippen LogP contribution is 2.30. The maximum Gasteiger partial charge on any atom is 0.266 e. The van der Waals surface area contributed by atoms with E-state index < -0.39 is 0 Å². The first-order valence-corrected chi connectivity index (χ1v) is 7.48. The zero-order valence-electron chi connectivity index (χ0n) is 8.98. The molecule has 3 heterocycles. The smallest absolute Gasteiger partial charge is 0.266 e. The van der Waals surface area contributed by atoms with E-state index in [-0.39, 0.29) is 5.91 Å². The lowest BCUT2D eigenvalue weighted by molar-refractivity contribution is 0.0861. The highest BCUT2D eigenvalue weighted by atomic mass is 33.1. The fourth-order valence-corrected chi connectivity index (χ4v) is 3.50. The van der Waals surface area contributed by atoms with E-state index in [4.69, 9.17) is 0 Å². The summed E-state index contributed by atoms with van der Waals surface area (Å²) in [7, 11) is 1.23. The molecule has 16 heavy (non-hydrogen) atoms. The van der Waals surface area contributed by atoms with Crippen LogP contribution >= 0.6 is 22.6 Å². The lowest BCUT2D eigenvalue weighted by atomic mass is 10.1. The molecule has 1 aromatic heterocycles. The molecule has 0 N–H and O–H groups in total. The Morgan fingerprint density at radius 2 is 2.12 bits per heavy atom. The van der Waals surface area contributed by atoms with Crippen molar-refractivity contribution in [3.63, 3.8) is 0 Å². The van der Waals surface area contributed by atoms with Crippen LogP contribution in [0.5, 0.6) is 0 Å². The van der Waals surface area contributed by atoms with Crippen molar-refractivity contribution in [1.82, 2.24) is 8.87 Å². The van der Waals surface area contributed by atoms with Gasteiger partial charge in [-0.05, 0) is 25.3 Å². The van der Waals surface area contributed by atoms with Gasteiger partial charge in [-0.2, -0.15) is 0 Å². The van der Waals surface area contributed by atoms with Crippen LogP contribution in [0.1, 0.15) is 34.6 Å². The van der Waals surface area contributed by atoms with Crippen molar-refractivity contribution in [2.45, 2.75) is 32.2 Å². The third-order valence-corrected chi connectivity index (χ3v) is 4.60. The molecular formula is C11H14N2OS2. The van der Waals surface area contributed by atoms with Gasteiger partial charge in [0, 0.05) is 41.9 Å². The zero-order chi connectivity index (χ0) is 11.1. The largest absolute Gasteiger partial charge is 0.348 e. The fraction of sp³-hybridized carbons (Fsp3) is 0.545. The molecule has 0 saturated carbocycles. The molecule has 5 heteroatoms. The van der Waals surface area contributed by atoms with Crippen molar-refractivity contribution in [3.05, 3.63) is 23.0 Å². The third-order valence-electron chi connectivity index (χ3n) is 3.47. The molecule has 0 spiro atoms. The number of thiol groups is 1. The minimum Gasteiger partial charge on any atom is -0.348 e. The summed E-state index contributed by atoms with van der Waals surface area (Å²) in [4.78, 5) is 12.1. The molecule has 2 aliphatic heterocycles. The van der Waals surface area contributed by atoms with Crippen LogP contribution < -0.4 is 0 Å². The van der Waals surface area contributed by atoms with Crippen molar-refractivity contribution >= 4 is 28.5 Å². The molecule has 86 valence electrons. The van der Waals surface area contributed by atoms with Gasteiger partial charge in [0.25, 0.3) is 5.91 Å². The first-order valence-electron chi connectivity index (χ1n) is 5.66. The maximum atomic E-state index is 12.1. The van der Waals surface area contributed by atoms with E-state index in [0.717, 1.165) is 31.5 Å². The minimum absolute atomic E-state index is 0.128. The molecular weight excluding hydrogens is 240 g/mol. The summed E-state index contributed by atoms with van der Waals surface area (Å²) in [6.07, 6.45) is 4.58. The van der Waals surface area contributed by atoms with E-state index in [1.807, 2.05) is 0 Å². The van der Waals surface area contributed by atoms with Gasteiger partial charge in [0.2, 0.25) is 0 Å². The van der Waals surface area contributed by atoms with Crippen LogP contribution in [0, 0.1) is 0 Å². The number of aryl methyl sites for hydroxylation is 1. The molecule has 0 radical (unpaired) electrons. The Morgan fingerprint density at radius 1 is 1.25 bits per heavy atom. The predicted octanol–water partition coefficient (Wildman–Crippen LogP) is 2.32. The second-order valence-electron chi connectivity index (χ2n) is 4.34. The molecule has 0 aromatic carbocycles. The summed E-state index contributed by atoms with van der Waals surface area (Å²) in [5, 5.41) is 0. The fourth-order valence-electron chi connectivity index (χ4n) is 2.68. The zero-order valence-corrected chi connectivity index (χ0v) is 10.7. The molecule has 2 aliphatic rings. The molecule has 0 bridgehead atoms. The van der Waals surface area contributed by atoms with E-state index in [2.05, 4.69) is 22.3 Å². The van der Waals surface area contributed by atoms with Crippen LogP contribution in [-0.2, 0) is 19.4 Å². The summed E-state index contributed by atoms with van der Waals surface area (Å²) in [5.41, 5.74) is 3.50. The Kier molecular flexibility index (Phi) is 2.67. The SMILES string of the molecule is O=C1c2cc3n(c2CCN1SS)CCCC3. The quantitative estimate of drug-likeness (QED) is 0.473. The van der Waals surface area contributed by atoms with Gasteiger partial charge in [0.15, 0.2) is 0 Å². The number of nitrogens with zero attached hydrogens (tertiary/aromatic N) is 2. The summed E-state index contributed by atoms with van der Waals surface area (Å²) in [5.74, 6) is 0.128. The summed E-state index contributed by atoms with van der Waals surface area (Å²) in [6, 6.07) is 2.09. The summed E-state index contributed by atoms with van der Waals surface area (Å²) in [6.45, 7) is 1.87. The topological polar surface area (TPSA) is 25.2 Å². The van der Waals surface area contributed by atoms with Crippen molar-refractivity contribution in [1.29, 1.82) is 0 Å². The normalized spacial score (nSPS) is 19.6. The number of amides is 1. The Morgan fingerprint density at radius 3 is 2.94 bits per heavy atom. The average Bonchev–Trinajstić information content (AvgIpc) is 2.69. The molecule has 3 rings (SSSR count). The average molecular weight is 254 g/mol. The highest BCUT2D eigenvalue weighted by molar-refractivity contribution is 8.67. The number of rotatable bonds is 1. The van der Waals surface area contributed by atoms with Gasteiger partial charge in [-0.1, -0.05) is 11.7 Å². The first kappa shape index (κ1) is 10.6. The Hall–Kier alpha value is -0.550. The molecule has 0 aliphatic carbocycles. The number of hydrogen-bond donors (Lipinski definition) is 1. The van der Waals surface area contributed by atoms with Crippen molar-refractivity contribution in [3.8, 4) is 0 Å². The Labute approximate surface area is 104 Å². The standard InChI is InChI=1S/C11H14N2OS2/c14-11-9-7-8-3-1-2-5-12(8)10(9)4-6-13(11)16-15/h7,15H,1-6H2. The number of hydrogen-bond acceptors (Lipinski definition) is 3. The molecule has 3 nitrogen and oxygen atoms in total. The third kappa shape index (κ3) is 1.49. The van der Waals surface area contributed by atoms with Crippen LogP contribution in [-0.4, -0.2) is 21.3 Å². The van der Waals surface area contributed by atoms with Crippen molar-refractivity contribution in [2.24, 2.45) is 0 Å². The Bertz CT molecular complexity index is 441. The molecule has 0 saturated heterocycles. The first-order chi connectivity index (χ1) is 7.81. The van der Waals surface area contributed by atoms with Crippen LogP contribution in [0.15, 0.2) is 6.07 Å². The molecule has 0 atom stereocenters. The summed E-state index contributed by atoms with van der Waals surface area (Å²) >= 11 is 4.12. The van der Waals surface area contributed by atoms with E-state index >= 15 is 0 Å². The summed E-state index contributed by atoms with van der Waals surface area (Å²) < 4.78 is 4.09. The van der Waals surface area contributed by atoms with E-state index in [1.54, 1.807) is 4.31 Å². The second kappa shape index (κ2) is 4.04. The van der Waals surface area contributed by atoms with Gasteiger partial charge in [0.05, 0.1) is 5.56 Å². The van der Waals surface area contributed by atoms with Crippen LogP contribution in [0.3, 0.4) is 0 Å². The molecule has 0 unspecified atom stereocenters. The highest BCUT2D eigenvalue weighted by Gasteiger charge is 2.29. The van der Waals surface area contributed by atoms with Crippen LogP contribution in [0.25, 0.3) is 0 Å². The van der Waals surface area contributed by atoms with E-state index in [9.17, 15) is 4.79 Å². The van der Waals surface area contributed by atoms with Crippen LogP contribution in [0.2, 0.25) is 0 Å². The van der Waals surface area contributed by atoms with E-state index in [1.165, 1.54) is 35.2 Å². The van der Waals surface area contributed by atoms with E-state index in [0.29, 0.717) is 0 Å². The molecule has 0 fully saturated rings. The minimum atomic E-state index is 0.128. The van der Waals surface area contributed by atoms with Crippen molar-refractivity contribution < 1.29 is 4.79 Å². The molecule has 1 aromatic rings. The molecule has 1 amide bonds.